The summed E-state index contributed by atoms with van der Waals surface area (Å²) < 4.78 is 48.5. The number of hydrogen-bond donors (Lipinski definition) is 1. The molecule has 0 spiro atoms. The number of hydrogen-bond acceptors (Lipinski definition) is 6. The average molecular weight is 443 g/mol. The average Bonchev–Trinajstić information content (AvgIpc) is 2.73. The molecule has 0 aliphatic carbocycles. The molecule has 1 N–H and O–H groups in total. The number of nitrogens with zero attached hydrogens (tertiary/aromatic N) is 1. The van der Waals surface area contributed by atoms with Gasteiger partial charge < -0.3 is 5.32 Å². The Bertz CT molecular complexity index is 1280. The van der Waals surface area contributed by atoms with Crippen molar-refractivity contribution < 1.29 is 21.6 Å². The van der Waals surface area contributed by atoms with E-state index < -0.39 is 19.7 Å². The highest BCUT2D eigenvalue weighted by molar-refractivity contribution is 7.91. The summed E-state index contributed by atoms with van der Waals surface area (Å²) in [5, 5.41) is 2.65. The Labute approximate surface area is 174 Å². The molecule has 0 saturated heterocycles. The summed E-state index contributed by atoms with van der Waals surface area (Å²) >= 11 is 0. The molecule has 30 heavy (non-hydrogen) atoms. The Kier molecular flexibility index (Phi) is 6.14. The van der Waals surface area contributed by atoms with Crippen molar-refractivity contribution in [3.63, 3.8) is 0 Å². The zero-order valence-corrected chi connectivity index (χ0v) is 17.5. The predicted octanol–water partition coefficient (Wildman–Crippen LogP) is 2.97. The first kappa shape index (κ1) is 21.4. The Morgan fingerprint density at radius 3 is 1.97 bits per heavy atom. The molecule has 0 radical (unpaired) electrons. The maximum absolute atomic E-state index is 12.7. The summed E-state index contributed by atoms with van der Waals surface area (Å²) in [4.78, 5) is 16.0. The molecule has 9 heteroatoms. The lowest BCUT2D eigenvalue weighted by Gasteiger charge is -2.07. The lowest BCUT2D eigenvalue weighted by molar-refractivity contribution is -0.111. The number of rotatable bonds is 6. The molecule has 1 heterocycles. The molecule has 0 saturated carbocycles. The SMILES string of the molecule is CS(=O)(=O)c1ccc(S(=O)(=O)c2ccc(NC(=O)/C=C/c3cccnc3)cc2)cc1. The van der Waals surface area contributed by atoms with Crippen molar-refractivity contribution in [2.75, 3.05) is 11.6 Å². The monoisotopic (exact) mass is 442 g/mol. The molecule has 0 fully saturated rings. The standard InChI is InChI=1S/C21H18N2O5S2/c1-29(25,26)18-9-11-20(12-10-18)30(27,28)19-7-5-17(6-8-19)23-21(24)13-4-16-3-2-14-22-15-16/h2-15H,1H3,(H,23,24)/b13-4+. The minimum atomic E-state index is -3.82. The van der Waals surface area contributed by atoms with Gasteiger partial charge in [0.05, 0.1) is 14.7 Å². The van der Waals surface area contributed by atoms with Crippen LogP contribution in [-0.2, 0) is 24.5 Å². The number of aromatic nitrogens is 1. The van der Waals surface area contributed by atoms with E-state index in [1.165, 1.54) is 54.6 Å². The van der Waals surface area contributed by atoms with Gasteiger partial charge in [0.15, 0.2) is 9.84 Å². The highest BCUT2D eigenvalue weighted by Crippen LogP contribution is 2.23. The van der Waals surface area contributed by atoms with Crippen LogP contribution in [0.3, 0.4) is 0 Å². The highest BCUT2D eigenvalue weighted by atomic mass is 32.2. The lowest BCUT2D eigenvalue weighted by Crippen LogP contribution is -2.08. The van der Waals surface area contributed by atoms with Gasteiger partial charge in [0, 0.05) is 30.4 Å². The van der Waals surface area contributed by atoms with Crippen molar-refractivity contribution in [2.45, 2.75) is 14.7 Å². The molecule has 0 aliphatic heterocycles. The van der Waals surface area contributed by atoms with Crippen LogP contribution in [0.4, 0.5) is 5.69 Å². The Morgan fingerprint density at radius 2 is 1.43 bits per heavy atom. The molecule has 7 nitrogen and oxygen atoms in total. The number of nitrogens with one attached hydrogen (secondary N) is 1. The Hall–Kier alpha value is -3.30. The third-order valence-electron chi connectivity index (χ3n) is 4.11. The molecule has 0 bridgehead atoms. The third-order valence-corrected chi connectivity index (χ3v) is 7.02. The van der Waals surface area contributed by atoms with Crippen LogP contribution in [0.1, 0.15) is 5.56 Å². The number of amides is 1. The smallest absolute Gasteiger partial charge is 0.248 e. The van der Waals surface area contributed by atoms with Gasteiger partial charge in [0.2, 0.25) is 15.7 Å². The van der Waals surface area contributed by atoms with Crippen LogP contribution in [-0.4, -0.2) is 34.0 Å². The molecule has 3 aromatic rings. The summed E-state index contributed by atoms with van der Waals surface area (Å²) in [5.74, 6) is -0.370. The second kappa shape index (κ2) is 8.60. The van der Waals surface area contributed by atoms with Crippen LogP contribution in [0.2, 0.25) is 0 Å². The van der Waals surface area contributed by atoms with Gasteiger partial charge in [0.25, 0.3) is 0 Å². The van der Waals surface area contributed by atoms with Gasteiger partial charge in [-0.1, -0.05) is 6.07 Å². The zero-order chi connectivity index (χ0) is 21.8. The number of pyridine rings is 1. The maximum atomic E-state index is 12.7. The molecular formula is C21H18N2O5S2. The van der Waals surface area contributed by atoms with Gasteiger partial charge >= 0.3 is 0 Å². The maximum Gasteiger partial charge on any atom is 0.248 e. The fraction of sp³-hybridized carbons (Fsp3) is 0.0476. The van der Waals surface area contributed by atoms with Crippen LogP contribution in [0, 0.1) is 0 Å². The van der Waals surface area contributed by atoms with E-state index in [0.29, 0.717) is 5.69 Å². The van der Waals surface area contributed by atoms with E-state index in [9.17, 15) is 21.6 Å². The van der Waals surface area contributed by atoms with Crippen molar-refractivity contribution in [1.29, 1.82) is 0 Å². The molecule has 0 unspecified atom stereocenters. The minimum Gasteiger partial charge on any atom is -0.323 e. The zero-order valence-electron chi connectivity index (χ0n) is 15.9. The topological polar surface area (TPSA) is 110 Å². The number of carbonyl (C=O) groups is 1. The quantitative estimate of drug-likeness (QED) is 0.588. The van der Waals surface area contributed by atoms with Crippen LogP contribution in [0.25, 0.3) is 6.08 Å². The van der Waals surface area contributed by atoms with E-state index in [0.717, 1.165) is 11.8 Å². The number of sulfone groups is 2. The first-order valence-corrected chi connectivity index (χ1v) is 12.1. The van der Waals surface area contributed by atoms with E-state index in [-0.39, 0.29) is 20.6 Å². The normalized spacial score (nSPS) is 12.0. The first-order chi connectivity index (χ1) is 14.2. The van der Waals surface area contributed by atoms with Gasteiger partial charge in [-0.3, -0.25) is 9.78 Å². The predicted molar refractivity (Wildman–Crippen MR) is 113 cm³/mol. The first-order valence-electron chi connectivity index (χ1n) is 8.71. The van der Waals surface area contributed by atoms with E-state index in [4.69, 9.17) is 0 Å². The molecule has 1 aromatic heterocycles. The van der Waals surface area contributed by atoms with Crippen molar-refractivity contribution in [3.05, 3.63) is 84.7 Å². The molecule has 3 rings (SSSR count). The molecule has 0 aliphatic rings. The largest absolute Gasteiger partial charge is 0.323 e. The second-order valence-corrected chi connectivity index (χ2v) is 10.3. The van der Waals surface area contributed by atoms with Gasteiger partial charge in [0.1, 0.15) is 0 Å². The van der Waals surface area contributed by atoms with Crippen molar-refractivity contribution in [3.8, 4) is 0 Å². The van der Waals surface area contributed by atoms with Crippen LogP contribution in [0.5, 0.6) is 0 Å². The summed E-state index contributed by atoms with van der Waals surface area (Å²) in [6.45, 7) is 0. The summed E-state index contributed by atoms with van der Waals surface area (Å²) in [5.41, 5.74) is 1.21. The summed E-state index contributed by atoms with van der Waals surface area (Å²) in [6, 6.07) is 14.3. The van der Waals surface area contributed by atoms with E-state index in [1.807, 2.05) is 0 Å². The highest BCUT2D eigenvalue weighted by Gasteiger charge is 2.18. The molecule has 1 amide bonds. The number of anilines is 1. The Morgan fingerprint density at radius 1 is 0.867 bits per heavy atom. The van der Waals surface area contributed by atoms with E-state index in [1.54, 1.807) is 30.6 Å². The van der Waals surface area contributed by atoms with E-state index in [2.05, 4.69) is 10.3 Å². The number of carbonyl (C=O) groups excluding carboxylic acids is 1. The summed E-state index contributed by atoms with van der Waals surface area (Å²) in [7, 11) is -7.23. The minimum absolute atomic E-state index is 0.0221. The molecule has 2 aromatic carbocycles. The van der Waals surface area contributed by atoms with Crippen molar-refractivity contribution in [2.24, 2.45) is 0 Å². The third kappa shape index (κ3) is 5.19. The summed E-state index contributed by atoms with van der Waals surface area (Å²) in [6.07, 6.45) is 7.26. The van der Waals surface area contributed by atoms with Gasteiger partial charge in [-0.05, 0) is 66.2 Å². The molecule has 0 atom stereocenters. The van der Waals surface area contributed by atoms with Crippen molar-refractivity contribution in [1.82, 2.24) is 4.98 Å². The van der Waals surface area contributed by atoms with Gasteiger partial charge in [-0.25, -0.2) is 16.8 Å². The van der Waals surface area contributed by atoms with Crippen molar-refractivity contribution >= 4 is 37.3 Å². The number of benzene rings is 2. The van der Waals surface area contributed by atoms with E-state index >= 15 is 0 Å². The second-order valence-electron chi connectivity index (χ2n) is 6.38. The molecular weight excluding hydrogens is 424 g/mol. The molecule has 154 valence electrons. The van der Waals surface area contributed by atoms with Gasteiger partial charge in [-0.2, -0.15) is 0 Å². The lowest BCUT2D eigenvalue weighted by atomic mass is 10.2. The Balaban J connectivity index is 1.73. The van der Waals surface area contributed by atoms with Crippen LogP contribution >= 0.6 is 0 Å². The van der Waals surface area contributed by atoms with Crippen LogP contribution in [0.15, 0.2) is 93.8 Å². The fourth-order valence-corrected chi connectivity index (χ4v) is 4.44. The fourth-order valence-electron chi connectivity index (χ4n) is 2.55. The van der Waals surface area contributed by atoms with Crippen LogP contribution < -0.4 is 5.32 Å². The van der Waals surface area contributed by atoms with Gasteiger partial charge in [-0.15, -0.1) is 0 Å².